The van der Waals surface area contributed by atoms with E-state index >= 15 is 0 Å². The minimum Gasteiger partial charge on any atom is -0.485 e. The van der Waals surface area contributed by atoms with Gasteiger partial charge in [0, 0.05) is 7.05 Å². The van der Waals surface area contributed by atoms with Crippen LogP contribution in [0.2, 0.25) is 0 Å². The van der Waals surface area contributed by atoms with Gasteiger partial charge in [0.25, 0.3) is 0 Å². The molecular formula is C12H15N3OS. The summed E-state index contributed by atoms with van der Waals surface area (Å²) in [7, 11) is 1.87. The molecular weight excluding hydrogens is 234 g/mol. The summed E-state index contributed by atoms with van der Waals surface area (Å²) in [4.78, 5) is 0. The average molecular weight is 249 g/mol. The molecule has 1 heterocycles. The Kier molecular flexibility index (Phi) is 3.28. The molecule has 2 rings (SSSR count). The molecule has 0 unspecified atom stereocenters. The first kappa shape index (κ1) is 11.9. The van der Waals surface area contributed by atoms with Crippen molar-refractivity contribution in [1.29, 1.82) is 0 Å². The lowest BCUT2D eigenvalue weighted by Gasteiger charge is -2.09. The second-order valence-corrected chi connectivity index (χ2v) is 4.45. The lowest BCUT2D eigenvalue weighted by Crippen LogP contribution is -2.04. The van der Waals surface area contributed by atoms with Gasteiger partial charge in [-0.1, -0.05) is 17.7 Å². The quantitative estimate of drug-likeness (QED) is 0.850. The van der Waals surface area contributed by atoms with E-state index in [4.69, 9.17) is 17.0 Å². The largest absolute Gasteiger partial charge is 0.485 e. The van der Waals surface area contributed by atoms with Crippen molar-refractivity contribution in [3.63, 3.8) is 0 Å². The number of nitrogens with one attached hydrogen (secondary N) is 1. The number of hydrogen-bond acceptors (Lipinski definition) is 3. The molecule has 0 radical (unpaired) electrons. The van der Waals surface area contributed by atoms with Crippen LogP contribution in [0, 0.1) is 18.6 Å². The second-order valence-electron chi connectivity index (χ2n) is 4.06. The lowest BCUT2D eigenvalue weighted by atomic mass is 10.1. The molecule has 0 aliphatic heterocycles. The number of benzene rings is 1. The molecule has 2 aromatic rings. The van der Waals surface area contributed by atoms with E-state index in [1.54, 1.807) is 4.57 Å². The monoisotopic (exact) mass is 249 g/mol. The molecule has 0 aliphatic carbocycles. The third kappa shape index (κ3) is 2.55. The Morgan fingerprint density at radius 3 is 2.76 bits per heavy atom. The molecule has 90 valence electrons. The van der Waals surface area contributed by atoms with Crippen LogP contribution >= 0.6 is 12.2 Å². The molecule has 1 N–H and O–H groups in total. The van der Waals surface area contributed by atoms with Crippen molar-refractivity contribution in [2.24, 2.45) is 7.05 Å². The molecule has 0 saturated carbocycles. The normalized spacial score (nSPS) is 10.5. The number of hydrogen-bond donors (Lipinski definition) is 1. The summed E-state index contributed by atoms with van der Waals surface area (Å²) in [6, 6.07) is 6.11. The van der Waals surface area contributed by atoms with E-state index in [1.807, 2.05) is 26.1 Å². The van der Waals surface area contributed by atoms with Gasteiger partial charge in [0.2, 0.25) is 0 Å². The maximum atomic E-state index is 5.72. The Labute approximate surface area is 105 Å². The molecule has 5 heteroatoms. The van der Waals surface area contributed by atoms with Crippen molar-refractivity contribution >= 4 is 12.2 Å². The van der Waals surface area contributed by atoms with E-state index in [2.05, 4.69) is 23.2 Å². The first-order chi connectivity index (χ1) is 8.08. The summed E-state index contributed by atoms with van der Waals surface area (Å²) < 4.78 is 8.13. The number of rotatable bonds is 3. The minimum atomic E-state index is 0.410. The number of nitrogens with zero attached hydrogens (tertiary/aromatic N) is 2. The summed E-state index contributed by atoms with van der Waals surface area (Å²) in [5.74, 6) is 1.67. The molecule has 0 aliphatic rings. The van der Waals surface area contributed by atoms with Crippen LogP contribution in [0.3, 0.4) is 0 Å². The van der Waals surface area contributed by atoms with Gasteiger partial charge in [-0.05, 0) is 37.7 Å². The molecule has 1 aromatic heterocycles. The van der Waals surface area contributed by atoms with Gasteiger partial charge in [0.05, 0.1) is 0 Å². The zero-order chi connectivity index (χ0) is 12.4. The first-order valence-electron chi connectivity index (χ1n) is 5.38. The lowest BCUT2D eigenvalue weighted by molar-refractivity contribution is 0.289. The Morgan fingerprint density at radius 2 is 2.18 bits per heavy atom. The predicted molar refractivity (Wildman–Crippen MR) is 68.6 cm³/mol. The molecule has 0 spiro atoms. The Bertz CT molecular complexity index is 586. The highest BCUT2D eigenvalue weighted by Gasteiger charge is 2.04. The zero-order valence-corrected chi connectivity index (χ0v) is 11.0. The SMILES string of the molecule is Cc1ccc(OCc2n[nH]c(=S)n2C)c(C)c1. The summed E-state index contributed by atoms with van der Waals surface area (Å²) in [5.41, 5.74) is 2.36. The number of H-pyrrole nitrogens is 1. The van der Waals surface area contributed by atoms with Crippen LogP contribution in [0.25, 0.3) is 0 Å². The van der Waals surface area contributed by atoms with Crippen LogP contribution in [0.4, 0.5) is 0 Å². The van der Waals surface area contributed by atoms with Crippen molar-refractivity contribution in [2.75, 3.05) is 0 Å². The summed E-state index contributed by atoms with van der Waals surface area (Å²) >= 11 is 5.04. The van der Waals surface area contributed by atoms with Crippen LogP contribution < -0.4 is 4.74 Å². The third-order valence-corrected chi connectivity index (χ3v) is 3.02. The Morgan fingerprint density at radius 1 is 1.41 bits per heavy atom. The van der Waals surface area contributed by atoms with Crippen molar-refractivity contribution < 1.29 is 4.74 Å². The van der Waals surface area contributed by atoms with Crippen LogP contribution in [0.15, 0.2) is 18.2 Å². The molecule has 0 amide bonds. The van der Waals surface area contributed by atoms with Crippen molar-refractivity contribution in [1.82, 2.24) is 14.8 Å². The van der Waals surface area contributed by atoms with Crippen molar-refractivity contribution in [3.8, 4) is 5.75 Å². The third-order valence-electron chi connectivity index (χ3n) is 2.66. The van der Waals surface area contributed by atoms with Crippen molar-refractivity contribution in [2.45, 2.75) is 20.5 Å². The number of aryl methyl sites for hydroxylation is 2. The fourth-order valence-electron chi connectivity index (χ4n) is 1.61. The smallest absolute Gasteiger partial charge is 0.194 e. The topological polar surface area (TPSA) is 42.8 Å². The summed E-state index contributed by atoms with van der Waals surface area (Å²) in [5, 5.41) is 6.83. The van der Waals surface area contributed by atoms with Crippen LogP contribution in [-0.4, -0.2) is 14.8 Å². The fourth-order valence-corrected chi connectivity index (χ4v) is 1.76. The van der Waals surface area contributed by atoms with Crippen LogP contribution in [0.1, 0.15) is 17.0 Å². The number of aromatic nitrogens is 3. The van der Waals surface area contributed by atoms with E-state index in [1.165, 1.54) is 5.56 Å². The minimum absolute atomic E-state index is 0.410. The van der Waals surface area contributed by atoms with E-state index in [9.17, 15) is 0 Å². The Hall–Kier alpha value is -1.62. The molecule has 1 aromatic carbocycles. The molecule has 0 bridgehead atoms. The summed E-state index contributed by atoms with van der Waals surface area (Å²) in [6.07, 6.45) is 0. The van der Waals surface area contributed by atoms with Gasteiger partial charge in [-0.15, -0.1) is 0 Å². The van der Waals surface area contributed by atoms with Gasteiger partial charge < -0.3 is 9.30 Å². The van der Waals surface area contributed by atoms with E-state index in [0.717, 1.165) is 17.1 Å². The highest BCUT2D eigenvalue weighted by Crippen LogP contribution is 2.19. The number of ether oxygens (including phenoxy) is 1. The second kappa shape index (κ2) is 4.71. The van der Waals surface area contributed by atoms with Gasteiger partial charge >= 0.3 is 0 Å². The Balaban J connectivity index is 2.12. The highest BCUT2D eigenvalue weighted by molar-refractivity contribution is 7.71. The zero-order valence-electron chi connectivity index (χ0n) is 10.2. The molecule has 0 atom stereocenters. The highest BCUT2D eigenvalue weighted by atomic mass is 32.1. The maximum absolute atomic E-state index is 5.72. The first-order valence-corrected chi connectivity index (χ1v) is 5.79. The molecule has 0 fully saturated rings. The van der Waals surface area contributed by atoms with E-state index in [-0.39, 0.29) is 0 Å². The van der Waals surface area contributed by atoms with Gasteiger partial charge in [-0.2, -0.15) is 5.10 Å². The molecule has 0 saturated heterocycles. The van der Waals surface area contributed by atoms with Gasteiger partial charge in [-0.3, -0.25) is 5.10 Å². The average Bonchev–Trinajstić information content (AvgIpc) is 2.59. The molecule has 17 heavy (non-hydrogen) atoms. The predicted octanol–water partition coefficient (Wildman–Crippen LogP) is 2.67. The maximum Gasteiger partial charge on any atom is 0.194 e. The van der Waals surface area contributed by atoms with Crippen LogP contribution in [0.5, 0.6) is 5.75 Å². The van der Waals surface area contributed by atoms with Gasteiger partial charge in [0.15, 0.2) is 10.6 Å². The number of aromatic amines is 1. The van der Waals surface area contributed by atoms with Crippen molar-refractivity contribution in [3.05, 3.63) is 39.9 Å². The standard InChI is InChI=1S/C12H15N3OS/c1-8-4-5-10(9(2)6-8)16-7-11-13-14-12(17)15(11)3/h4-6H,7H2,1-3H3,(H,14,17). The summed E-state index contributed by atoms with van der Waals surface area (Å²) in [6.45, 7) is 4.51. The van der Waals surface area contributed by atoms with E-state index in [0.29, 0.717) is 11.4 Å². The van der Waals surface area contributed by atoms with Crippen LogP contribution in [-0.2, 0) is 13.7 Å². The van der Waals surface area contributed by atoms with E-state index < -0.39 is 0 Å². The van der Waals surface area contributed by atoms with Gasteiger partial charge in [0.1, 0.15) is 12.4 Å². The van der Waals surface area contributed by atoms with Gasteiger partial charge in [-0.25, -0.2) is 0 Å². The molecule has 4 nitrogen and oxygen atoms in total. The fraction of sp³-hybridized carbons (Fsp3) is 0.333.